The summed E-state index contributed by atoms with van der Waals surface area (Å²) in [7, 11) is 1.64. The van der Waals surface area contributed by atoms with Gasteiger partial charge in [0.1, 0.15) is 0 Å². The first-order valence-electron chi connectivity index (χ1n) is 2.13. The molecule has 0 fully saturated rings. The Kier molecular flexibility index (Phi) is 1.17. The van der Waals surface area contributed by atoms with E-state index in [-0.39, 0.29) is 6.35 Å². The van der Waals surface area contributed by atoms with E-state index in [9.17, 15) is 0 Å². The van der Waals surface area contributed by atoms with Crippen LogP contribution in [0.25, 0.3) is 0 Å². The average Bonchev–Trinajstić information content (AvgIpc) is 2.14. The number of ether oxygens (including phenoxy) is 1. The standard InChI is InChI=1S/C4H8N2O/c1-7-4-5-2-3-6-4/h2-6H,1H3. The Bertz CT molecular complexity index is 73.8. The Hall–Kier alpha value is -0.700. The molecule has 0 aliphatic carbocycles. The van der Waals surface area contributed by atoms with Gasteiger partial charge >= 0.3 is 0 Å². The van der Waals surface area contributed by atoms with Crippen molar-refractivity contribution in [3.8, 4) is 0 Å². The van der Waals surface area contributed by atoms with Gasteiger partial charge in [0, 0.05) is 19.5 Å². The van der Waals surface area contributed by atoms with E-state index >= 15 is 0 Å². The zero-order chi connectivity index (χ0) is 5.11. The smallest absolute Gasteiger partial charge is 0.204 e. The molecule has 3 nitrogen and oxygen atoms in total. The lowest BCUT2D eigenvalue weighted by Crippen LogP contribution is -2.32. The minimum Gasteiger partial charge on any atom is -0.348 e. The van der Waals surface area contributed by atoms with Gasteiger partial charge < -0.3 is 15.4 Å². The molecule has 2 N–H and O–H groups in total. The van der Waals surface area contributed by atoms with Crippen molar-refractivity contribution in [3.05, 3.63) is 12.4 Å². The SMILES string of the molecule is COC1NC=CN1. The second-order valence-corrected chi connectivity index (χ2v) is 1.28. The third-order valence-electron chi connectivity index (χ3n) is 0.814. The van der Waals surface area contributed by atoms with E-state index in [2.05, 4.69) is 10.6 Å². The van der Waals surface area contributed by atoms with E-state index in [1.54, 1.807) is 19.5 Å². The molecule has 7 heavy (non-hydrogen) atoms. The molecule has 0 aromatic heterocycles. The van der Waals surface area contributed by atoms with Gasteiger partial charge in [-0.05, 0) is 0 Å². The van der Waals surface area contributed by atoms with Crippen molar-refractivity contribution in [1.29, 1.82) is 0 Å². The second-order valence-electron chi connectivity index (χ2n) is 1.28. The molecule has 0 radical (unpaired) electrons. The molecule has 1 rings (SSSR count). The van der Waals surface area contributed by atoms with Crippen molar-refractivity contribution in [2.24, 2.45) is 0 Å². The molecule has 0 saturated carbocycles. The van der Waals surface area contributed by atoms with Crippen molar-refractivity contribution in [3.63, 3.8) is 0 Å². The summed E-state index contributed by atoms with van der Waals surface area (Å²) in [6.07, 6.45) is 3.59. The molecular weight excluding hydrogens is 92.1 g/mol. The zero-order valence-corrected chi connectivity index (χ0v) is 4.14. The highest BCUT2D eigenvalue weighted by Crippen LogP contribution is 1.83. The van der Waals surface area contributed by atoms with Crippen molar-refractivity contribution in [2.45, 2.75) is 6.35 Å². The topological polar surface area (TPSA) is 33.3 Å². The summed E-state index contributed by atoms with van der Waals surface area (Å²) in [5.41, 5.74) is 0. The quantitative estimate of drug-likeness (QED) is 0.469. The molecule has 0 aromatic rings. The summed E-state index contributed by atoms with van der Waals surface area (Å²) in [6, 6.07) is 0. The first-order chi connectivity index (χ1) is 3.43. The average molecular weight is 100 g/mol. The van der Waals surface area contributed by atoms with Gasteiger partial charge in [-0.2, -0.15) is 0 Å². The monoisotopic (exact) mass is 100 g/mol. The highest BCUT2D eigenvalue weighted by atomic mass is 16.5. The molecule has 1 heterocycles. The van der Waals surface area contributed by atoms with E-state index in [4.69, 9.17) is 4.74 Å². The molecule has 1 aliphatic heterocycles. The molecule has 1 aliphatic rings. The van der Waals surface area contributed by atoms with Crippen LogP contribution in [0, 0.1) is 0 Å². The van der Waals surface area contributed by atoms with Gasteiger partial charge in [0.05, 0.1) is 0 Å². The fraction of sp³-hybridized carbons (Fsp3) is 0.500. The van der Waals surface area contributed by atoms with Gasteiger partial charge in [-0.25, -0.2) is 0 Å². The predicted octanol–water partition coefficient (Wildman–Crippen LogP) is -0.420. The summed E-state index contributed by atoms with van der Waals surface area (Å²) in [4.78, 5) is 0. The molecule has 0 unspecified atom stereocenters. The largest absolute Gasteiger partial charge is 0.348 e. The van der Waals surface area contributed by atoms with E-state index in [0.717, 1.165) is 0 Å². The minimum absolute atomic E-state index is 0.0139. The normalized spacial score (nSPS) is 19.0. The summed E-state index contributed by atoms with van der Waals surface area (Å²) >= 11 is 0. The highest BCUT2D eigenvalue weighted by molar-refractivity contribution is 4.86. The molecule has 0 saturated heterocycles. The van der Waals surface area contributed by atoms with Gasteiger partial charge in [-0.3, -0.25) is 0 Å². The molecule has 0 aromatic carbocycles. The molecule has 40 valence electrons. The lowest BCUT2D eigenvalue weighted by atomic mass is 11.0. The Labute approximate surface area is 42.4 Å². The van der Waals surface area contributed by atoms with Gasteiger partial charge in [-0.1, -0.05) is 0 Å². The molecule has 0 amide bonds. The van der Waals surface area contributed by atoms with Crippen LogP contribution in [0.3, 0.4) is 0 Å². The number of hydrogen-bond acceptors (Lipinski definition) is 3. The van der Waals surface area contributed by atoms with Crippen LogP contribution in [0.15, 0.2) is 12.4 Å². The van der Waals surface area contributed by atoms with E-state index in [1.807, 2.05) is 0 Å². The highest BCUT2D eigenvalue weighted by Gasteiger charge is 2.01. The Morgan fingerprint density at radius 2 is 2.00 bits per heavy atom. The zero-order valence-electron chi connectivity index (χ0n) is 4.14. The lowest BCUT2D eigenvalue weighted by molar-refractivity contribution is 0.0776. The molecule has 0 atom stereocenters. The summed E-state index contributed by atoms with van der Waals surface area (Å²) in [6.45, 7) is 0. The van der Waals surface area contributed by atoms with Crippen LogP contribution in [0.4, 0.5) is 0 Å². The molecule has 0 bridgehead atoms. The summed E-state index contributed by atoms with van der Waals surface area (Å²) < 4.78 is 4.83. The Morgan fingerprint density at radius 1 is 1.43 bits per heavy atom. The van der Waals surface area contributed by atoms with Crippen LogP contribution in [-0.2, 0) is 4.74 Å². The number of nitrogens with one attached hydrogen (secondary N) is 2. The number of methoxy groups -OCH3 is 1. The van der Waals surface area contributed by atoms with E-state index in [0.29, 0.717) is 0 Å². The Balaban J connectivity index is 2.22. The first kappa shape index (κ1) is 4.46. The third kappa shape index (κ3) is 0.838. The lowest BCUT2D eigenvalue weighted by Gasteiger charge is -2.07. The van der Waals surface area contributed by atoms with Gasteiger partial charge in [0.25, 0.3) is 0 Å². The van der Waals surface area contributed by atoms with Gasteiger partial charge in [0.15, 0.2) is 0 Å². The minimum atomic E-state index is -0.0139. The van der Waals surface area contributed by atoms with E-state index in [1.165, 1.54) is 0 Å². The Morgan fingerprint density at radius 3 is 2.29 bits per heavy atom. The molecular formula is C4H8N2O. The van der Waals surface area contributed by atoms with Crippen molar-refractivity contribution in [2.75, 3.05) is 7.11 Å². The first-order valence-corrected chi connectivity index (χ1v) is 2.13. The summed E-state index contributed by atoms with van der Waals surface area (Å²) in [5, 5.41) is 5.78. The molecule has 0 spiro atoms. The van der Waals surface area contributed by atoms with Crippen LogP contribution >= 0.6 is 0 Å². The van der Waals surface area contributed by atoms with Crippen molar-refractivity contribution < 1.29 is 4.74 Å². The van der Waals surface area contributed by atoms with Crippen LogP contribution in [0.1, 0.15) is 0 Å². The predicted molar refractivity (Wildman–Crippen MR) is 26.2 cm³/mol. The van der Waals surface area contributed by atoms with Crippen LogP contribution in [0.2, 0.25) is 0 Å². The van der Waals surface area contributed by atoms with Crippen LogP contribution < -0.4 is 10.6 Å². The van der Waals surface area contributed by atoms with Crippen LogP contribution in [-0.4, -0.2) is 13.5 Å². The van der Waals surface area contributed by atoms with Gasteiger partial charge in [0.2, 0.25) is 6.35 Å². The van der Waals surface area contributed by atoms with Gasteiger partial charge in [-0.15, -0.1) is 0 Å². The maximum absolute atomic E-state index is 4.83. The van der Waals surface area contributed by atoms with Crippen molar-refractivity contribution >= 4 is 0 Å². The van der Waals surface area contributed by atoms with Crippen molar-refractivity contribution in [1.82, 2.24) is 10.6 Å². The number of hydrogen-bond donors (Lipinski definition) is 2. The second kappa shape index (κ2) is 1.84. The third-order valence-corrected chi connectivity index (χ3v) is 0.814. The maximum Gasteiger partial charge on any atom is 0.204 e. The fourth-order valence-corrected chi connectivity index (χ4v) is 0.455. The summed E-state index contributed by atoms with van der Waals surface area (Å²) in [5.74, 6) is 0. The maximum atomic E-state index is 4.83. The number of rotatable bonds is 1. The van der Waals surface area contributed by atoms with E-state index < -0.39 is 0 Å². The molecule has 3 heteroatoms. The van der Waals surface area contributed by atoms with Crippen LogP contribution in [0.5, 0.6) is 0 Å². The fourth-order valence-electron chi connectivity index (χ4n) is 0.455.